The molecule has 1 aliphatic heterocycles. The minimum absolute atomic E-state index is 0.169. The molecule has 0 radical (unpaired) electrons. The van der Waals surface area contributed by atoms with Crippen LogP contribution in [-0.2, 0) is 16.1 Å². The summed E-state index contributed by atoms with van der Waals surface area (Å²) in [4.78, 5) is 25.5. The van der Waals surface area contributed by atoms with Gasteiger partial charge in [-0.2, -0.15) is 0 Å². The van der Waals surface area contributed by atoms with Gasteiger partial charge in [-0.15, -0.1) is 0 Å². The van der Waals surface area contributed by atoms with E-state index in [1.807, 2.05) is 30.3 Å². The Morgan fingerprint density at radius 3 is 2.71 bits per heavy atom. The lowest BCUT2D eigenvalue weighted by molar-refractivity contribution is -0.142. The minimum atomic E-state index is -0.974. The van der Waals surface area contributed by atoms with E-state index < -0.39 is 12.0 Å². The number of rotatable bonds is 6. The number of nitrogens with zero attached hydrogens (tertiary/aromatic N) is 1. The van der Waals surface area contributed by atoms with E-state index in [0.717, 1.165) is 25.9 Å². The van der Waals surface area contributed by atoms with Crippen molar-refractivity contribution < 1.29 is 14.7 Å². The zero-order valence-electron chi connectivity index (χ0n) is 12.3. The first-order chi connectivity index (χ1) is 10.1. The van der Waals surface area contributed by atoms with E-state index in [0.29, 0.717) is 6.42 Å². The Morgan fingerprint density at radius 2 is 2.10 bits per heavy atom. The third kappa shape index (κ3) is 4.04. The summed E-state index contributed by atoms with van der Waals surface area (Å²) in [5, 5.41) is 11.7. The number of carbonyl (C=O) groups is 2. The Balaban J connectivity index is 1.98. The molecule has 5 nitrogen and oxygen atoms in total. The highest BCUT2D eigenvalue weighted by Gasteiger charge is 2.32. The monoisotopic (exact) mass is 290 g/mol. The molecule has 21 heavy (non-hydrogen) atoms. The number of carboxylic acid groups (broad SMARTS) is 1. The smallest absolute Gasteiger partial charge is 0.326 e. The van der Waals surface area contributed by atoms with Gasteiger partial charge in [0.15, 0.2) is 0 Å². The molecule has 0 aliphatic carbocycles. The average molecular weight is 290 g/mol. The number of aliphatic carboxylic acids is 1. The maximum atomic E-state index is 12.3. The van der Waals surface area contributed by atoms with Crippen molar-refractivity contribution in [2.45, 2.75) is 44.8 Å². The Labute approximate surface area is 125 Å². The molecular weight excluding hydrogens is 268 g/mol. The molecule has 114 valence electrons. The molecule has 0 aromatic heterocycles. The van der Waals surface area contributed by atoms with Crippen LogP contribution in [0.2, 0.25) is 0 Å². The predicted octanol–water partition coefficient (Wildman–Crippen LogP) is 1.63. The first kappa shape index (κ1) is 15.5. The molecule has 1 fully saturated rings. The van der Waals surface area contributed by atoms with Gasteiger partial charge in [0.1, 0.15) is 6.04 Å². The second-order valence-corrected chi connectivity index (χ2v) is 5.42. The topological polar surface area (TPSA) is 69.6 Å². The Morgan fingerprint density at radius 1 is 1.38 bits per heavy atom. The van der Waals surface area contributed by atoms with E-state index in [9.17, 15) is 9.59 Å². The summed E-state index contributed by atoms with van der Waals surface area (Å²) in [6.45, 7) is 3.36. The molecule has 1 saturated heterocycles. The fourth-order valence-corrected chi connectivity index (χ4v) is 2.74. The Kier molecular flexibility index (Phi) is 5.33. The van der Waals surface area contributed by atoms with Crippen molar-refractivity contribution in [1.82, 2.24) is 10.2 Å². The van der Waals surface area contributed by atoms with Crippen molar-refractivity contribution >= 4 is 11.9 Å². The van der Waals surface area contributed by atoms with E-state index in [4.69, 9.17) is 5.11 Å². The molecule has 2 N–H and O–H groups in total. The van der Waals surface area contributed by atoms with Gasteiger partial charge in [-0.25, -0.2) is 4.79 Å². The number of hydrogen-bond acceptors (Lipinski definition) is 3. The molecule has 2 atom stereocenters. The van der Waals surface area contributed by atoms with Crippen LogP contribution < -0.4 is 5.32 Å². The molecule has 0 saturated carbocycles. The van der Waals surface area contributed by atoms with Crippen LogP contribution in [0, 0.1) is 0 Å². The van der Waals surface area contributed by atoms with E-state index >= 15 is 0 Å². The zero-order chi connectivity index (χ0) is 15.2. The number of carboxylic acids is 1. The maximum absolute atomic E-state index is 12.3. The summed E-state index contributed by atoms with van der Waals surface area (Å²) >= 11 is 0. The summed E-state index contributed by atoms with van der Waals surface area (Å²) in [6, 6.07) is 9.00. The Bertz CT molecular complexity index is 490. The second kappa shape index (κ2) is 7.22. The molecule has 0 bridgehead atoms. The van der Waals surface area contributed by atoms with Gasteiger partial charge in [0.05, 0.1) is 6.04 Å². The van der Waals surface area contributed by atoms with Gasteiger partial charge >= 0.3 is 5.97 Å². The molecule has 5 heteroatoms. The third-order valence-corrected chi connectivity index (χ3v) is 3.92. The largest absolute Gasteiger partial charge is 0.480 e. The normalized spacial score (nSPS) is 20.1. The molecule has 1 aromatic rings. The van der Waals surface area contributed by atoms with Crippen LogP contribution in [0.3, 0.4) is 0 Å². The predicted molar refractivity (Wildman–Crippen MR) is 79.7 cm³/mol. The van der Waals surface area contributed by atoms with Crippen molar-refractivity contribution in [2.24, 2.45) is 0 Å². The molecule has 1 aliphatic rings. The number of nitrogens with one attached hydrogen (secondary N) is 1. The van der Waals surface area contributed by atoms with Crippen LogP contribution in [0.1, 0.15) is 31.7 Å². The van der Waals surface area contributed by atoms with Crippen LogP contribution in [0.15, 0.2) is 30.3 Å². The fourth-order valence-electron chi connectivity index (χ4n) is 2.74. The van der Waals surface area contributed by atoms with E-state index in [-0.39, 0.29) is 11.9 Å². The lowest BCUT2D eigenvalue weighted by atomic mass is 10.1. The lowest BCUT2D eigenvalue weighted by Gasteiger charge is -2.25. The maximum Gasteiger partial charge on any atom is 0.326 e. The summed E-state index contributed by atoms with van der Waals surface area (Å²) in [5.41, 5.74) is 1.17. The molecule has 0 spiro atoms. The highest BCUT2D eigenvalue weighted by molar-refractivity contribution is 5.87. The van der Waals surface area contributed by atoms with Crippen molar-refractivity contribution in [3.63, 3.8) is 0 Å². The summed E-state index contributed by atoms with van der Waals surface area (Å²) in [5.74, 6) is -1.14. The summed E-state index contributed by atoms with van der Waals surface area (Å²) in [6.07, 6.45) is 2.15. The van der Waals surface area contributed by atoms with Gasteiger partial charge in [0.25, 0.3) is 0 Å². The number of benzene rings is 1. The molecular formula is C16H22N2O3. The highest BCUT2D eigenvalue weighted by Crippen LogP contribution is 2.20. The van der Waals surface area contributed by atoms with E-state index in [2.05, 4.69) is 10.2 Å². The molecule has 2 unspecified atom stereocenters. The van der Waals surface area contributed by atoms with Crippen LogP contribution in [-0.4, -0.2) is 40.5 Å². The van der Waals surface area contributed by atoms with Crippen LogP contribution in [0.5, 0.6) is 0 Å². The number of carbonyl (C=O) groups excluding carboxylic acids is 1. The van der Waals surface area contributed by atoms with Crippen molar-refractivity contribution in [3.05, 3.63) is 35.9 Å². The van der Waals surface area contributed by atoms with Gasteiger partial charge in [-0.05, 0) is 31.4 Å². The van der Waals surface area contributed by atoms with Crippen molar-refractivity contribution in [1.29, 1.82) is 0 Å². The quantitative estimate of drug-likeness (QED) is 0.835. The van der Waals surface area contributed by atoms with Gasteiger partial charge in [-0.3, -0.25) is 9.69 Å². The fraction of sp³-hybridized carbons (Fsp3) is 0.500. The van der Waals surface area contributed by atoms with Crippen LogP contribution in [0.25, 0.3) is 0 Å². The molecule has 1 heterocycles. The van der Waals surface area contributed by atoms with Gasteiger partial charge in [-0.1, -0.05) is 37.3 Å². The minimum Gasteiger partial charge on any atom is -0.480 e. The zero-order valence-corrected chi connectivity index (χ0v) is 12.3. The highest BCUT2D eigenvalue weighted by atomic mass is 16.4. The SMILES string of the molecule is CCC(NC(=O)C1CCCN1Cc1ccccc1)C(=O)O. The van der Waals surface area contributed by atoms with Gasteiger partial charge in [0.2, 0.25) is 5.91 Å². The number of likely N-dealkylation sites (tertiary alicyclic amines) is 1. The number of amides is 1. The lowest BCUT2D eigenvalue weighted by Crippen LogP contribution is -2.49. The van der Waals surface area contributed by atoms with Crippen LogP contribution >= 0.6 is 0 Å². The molecule has 2 rings (SSSR count). The van der Waals surface area contributed by atoms with E-state index in [1.165, 1.54) is 5.56 Å². The number of hydrogen-bond donors (Lipinski definition) is 2. The van der Waals surface area contributed by atoms with Gasteiger partial charge < -0.3 is 10.4 Å². The second-order valence-electron chi connectivity index (χ2n) is 5.42. The van der Waals surface area contributed by atoms with Gasteiger partial charge in [0, 0.05) is 6.54 Å². The molecule has 1 amide bonds. The van der Waals surface area contributed by atoms with Crippen LogP contribution in [0.4, 0.5) is 0 Å². The standard InChI is InChI=1S/C16H22N2O3/c1-2-13(16(20)21)17-15(19)14-9-6-10-18(14)11-12-7-4-3-5-8-12/h3-5,7-8,13-14H,2,6,9-11H2,1H3,(H,17,19)(H,20,21). The summed E-state index contributed by atoms with van der Waals surface area (Å²) in [7, 11) is 0. The van der Waals surface area contributed by atoms with Crippen molar-refractivity contribution in [2.75, 3.05) is 6.54 Å². The van der Waals surface area contributed by atoms with E-state index in [1.54, 1.807) is 6.92 Å². The average Bonchev–Trinajstić information content (AvgIpc) is 2.93. The molecule has 1 aromatic carbocycles. The Hall–Kier alpha value is -1.88. The summed E-state index contributed by atoms with van der Waals surface area (Å²) < 4.78 is 0. The first-order valence-corrected chi connectivity index (χ1v) is 7.43. The third-order valence-electron chi connectivity index (χ3n) is 3.92. The first-order valence-electron chi connectivity index (χ1n) is 7.43. The van der Waals surface area contributed by atoms with Crippen molar-refractivity contribution in [3.8, 4) is 0 Å².